The lowest BCUT2D eigenvalue weighted by atomic mass is 10.1. The summed E-state index contributed by atoms with van der Waals surface area (Å²) in [6.45, 7) is 2.51. The summed E-state index contributed by atoms with van der Waals surface area (Å²) in [5.74, 6) is 0.582. The van der Waals surface area contributed by atoms with Crippen LogP contribution in [0, 0.1) is 6.92 Å². The highest BCUT2D eigenvalue weighted by Gasteiger charge is 2.25. The van der Waals surface area contributed by atoms with Crippen LogP contribution in [0.25, 0.3) is 6.08 Å². The quantitative estimate of drug-likeness (QED) is 0.265. The molecular weight excluding hydrogens is 522 g/mol. The van der Waals surface area contributed by atoms with Gasteiger partial charge in [0.1, 0.15) is 5.75 Å². The third-order valence-electron chi connectivity index (χ3n) is 4.80. The molecule has 0 N–H and O–H groups in total. The van der Waals surface area contributed by atoms with Crippen molar-refractivity contribution in [1.82, 2.24) is 0 Å². The lowest BCUT2D eigenvalue weighted by molar-refractivity contribution is -0.129. The molecule has 0 fully saturated rings. The van der Waals surface area contributed by atoms with Gasteiger partial charge in [-0.1, -0.05) is 48.5 Å². The molecule has 1 aliphatic heterocycles. The first-order valence-electron chi connectivity index (χ1n) is 9.75. The molecule has 6 heteroatoms. The van der Waals surface area contributed by atoms with Gasteiger partial charge in [0, 0.05) is 12.0 Å². The minimum atomic E-state index is -0.464. The lowest BCUT2D eigenvalue weighted by Gasteiger charge is -2.11. The molecule has 0 unspecified atom stereocenters. The van der Waals surface area contributed by atoms with E-state index in [0.717, 1.165) is 37.8 Å². The van der Waals surface area contributed by atoms with Gasteiger partial charge < -0.3 is 9.47 Å². The molecule has 1 aliphatic rings. The van der Waals surface area contributed by atoms with Gasteiger partial charge in [-0.2, -0.15) is 0 Å². The standard InChI is InChI=1S/C25H19Br2NO3/c1-16-7-5-6-10-19(16)24-28-22(25(29)31-24)15-18-13-20(26)23(21(27)14-18)30-12-11-17-8-3-2-4-9-17/h2-10,13-15H,11-12H2,1H3/b22-15-. The van der Waals surface area contributed by atoms with E-state index in [9.17, 15) is 4.79 Å². The van der Waals surface area contributed by atoms with Crippen molar-refractivity contribution in [3.8, 4) is 5.75 Å². The second-order valence-electron chi connectivity index (χ2n) is 7.05. The SMILES string of the molecule is Cc1ccccc1C1=N/C(=C\c2cc(Br)c(OCCc3ccccc3)c(Br)c2)C(=O)O1. The number of carbonyl (C=O) groups excluding carboxylic acids is 1. The van der Waals surface area contributed by atoms with Crippen LogP contribution in [0.5, 0.6) is 5.75 Å². The molecule has 1 heterocycles. The van der Waals surface area contributed by atoms with E-state index in [1.165, 1.54) is 5.56 Å². The lowest BCUT2D eigenvalue weighted by Crippen LogP contribution is -2.06. The number of aryl methyl sites for hydroxylation is 1. The molecule has 3 aromatic rings. The van der Waals surface area contributed by atoms with Crippen molar-refractivity contribution in [2.45, 2.75) is 13.3 Å². The van der Waals surface area contributed by atoms with Crippen molar-refractivity contribution in [1.29, 1.82) is 0 Å². The van der Waals surface area contributed by atoms with E-state index < -0.39 is 5.97 Å². The maximum absolute atomic E-state index is 12.3. The average molecular weight is 541 g/mol. The van der Waals surface area contributed by atoms with Crippen LogP contribution in [-0.4, -0.2) is 18.5 Å². The van der Waals surface area contributed by atoms with E-state index in [1.54, 1.807) is 6.08 Å². The molecule has 0 saturated heterocycles. The summed E-state index contributed by atoms with van der Waals surface area (Å²) in [5, 5.41) is 0. The molecule has 0 amide bonds. The van der Waals surface area contributed by atoms with Crippen molar-refractivity contribution in [2.24, 2.45) is 4.99 Å². The monoisotopic (exact) mass is 539 g/mol. The molecule has 4 rings (SSSR count). The maximum Gasteiger partial charge on any atom is 0.363 e. The number of ether oxygens (including phenoxy) is 2. The Hall–Kier alpha value is -2.70. The molecule has 0 aliphatic carbocycles. The Kier molecular flexibility index (Phi) is 6.68. The summed E-state index contributed by atoms with van der Waals surface area (Å²) in [5.41, 5.74) is 4.09. The molecule has 0 atom stereocenters. The van der Waals surface area contributed by atoms with E-state index in [1.807, 2.05) is 61.5 Å². The van der Waals surface area contributed by atoms with Crippen LogP contribution in [0.4, 0.5) is 0 Å². The number of cyclic esters (lactones) is 1. The second-order valence-corrected chi connectivity index (χ2v) is 8.76. The van der Waals surface area contributed by atoms with Crippen LogP contribution >= 0.6 is 31.9 Å². The van der Waals surface area contributed by atoms with Crippen LogP contribution in [0.1, 0.15) is 22.3 Å². The normalized spacial score (nSPS) is 14.5. The molecule has 3 aromatic carbocycles. The molecule has 156 valence electrons. The fourth-order valence-electron chi connectivity index (χ4n) is 3.21. The van der Waals surface area contributed by atoms with Crippen LogP contribution in [0.15, 0.2) is 86.4 Å². The predicted molar refractivity (Wildman–Crippen MR) is 129 cm³/mol. The van der Waals surface area contributed by atoms with Crippen LogP contribution < -0.4 is 4.74 Å². The maximum atomic E-state index is 12.3. The molecule has 0 radical (unpaired) electrons. The van der Waals surface area contributed by atoms with Crippen molar-refractivity contribution in [3.05, 3.63) is 104 Å². The van der Waals surface area contributed by atoms with E-state index >= 15 is 0 Å². The molecule has 0 spiro atoms. The number of aliphatic imine (C=N–C) groups is 1. The van der Waals surface area contributed by atoms with E-state index in [-0.39, 0.29) is 5.70 Å². The van der Waals surface area contributed by atoms with Gasteiger partial charge in [-0.3, -0.25) is 0 Å². The van der Waals surface area contributed by atoms with Crippen molar-refractivity contribution >= 4 is 49.8 Å². The Labute approximate surface area is 197 Å². The minimum absolute atomic E-state index is 0.259. The summed E-state index contributed by atoms with van der Waals surface area (Å²) in [7, 11) is 0. The van der Waals surface area contributed by atoms with Crippen LogP contribution in [0.3, 0.4) is 0 Å². The summed E-state index contributed by atoms with van der Waals surface area (Å²) < 4.78 is 12.9. The minimum Gasteiger partial charge on any atom is -0.491 e. The molecule has 4 nitrogen and oxygen atoms in total. The topological polar surface area (TPSA) is 47.9 Å². The Morgan fingerprint density at radius 2 is 1.68 bits per heavy atom. The van der Waals surface area contributed by atoms with Crippen molar-refractivity contribution in [3.63, 3.8) is 0 Å². The molecule has 0 saturated carbocycles. The highest BCUT2D eigenvalue weighted by atomic mass is 79.9. The van der Waals surface area contributed by atoms with Gasteiger partial charge in [0.2, 0.25) is 5.90 Å². The smallest absolute Gasteiger partial charge is 0.363 e. The Balaban J connectivity index is 1.52. The third-order valence-corrected chi connectivity index (χ3v) is 5.98. The van der Waals surface area contributed by atoms with Gasteiger partial charge in [-0.25, -0.2) is 9.79 Å². The van der Waals surface area contributed by atoms with Gasteiger partial charge in [0.25, 0.3) is 0 Å². The molecule has 31 heavy (non-hydrogen) atoms. The zero-order valence-corrected chi connectivity index (χ0v) is 19.9. The zero-order valence-electron chi connectivity index (χ0n) is 16.8. The fourth-order valence-corrected chi connectivity index (χ4v) is 4.66. The number of hydrogen-bond acceptors (Lipinski definition) is 4. The number of nitrogens with zero attached hydrogens (tertiary/aromatic N) is 1. The summed E-state index contributed by atoms with van der Waals surface area (Å²) >= 11 is 7.14. The summed E-state index contributed by atoms with van der Waals surface area (Å²) in [4.78, 5) is 16.7. The van der Waals surface area contributed by atoms with Crippen molar-refractivity contribution < 1.29 is 14.3 Å². The third kappa shape index (κ3) is 5.14. The van der Waals surface area contributed by atoms with Gasteiger partial charge >= 0.3 is 5.97 Å². The zero-order chi connectivity index (χ0) is 21.8. The highest BCUT2D eigenvalue weighted by molar-refractivity contribution is 9.11. The molecular formula is C25H19Br2NO3. The summed E-state index contributed by atoms with van der Waals surface area (Å²) in [6, 6.07) is 21.7. The van der Waals surface area contributed by atoms with Crippen LogP contribution in [0.2, 0.25) is 0 Å². The molecule has 0 aromatic heterocycles. The summed E-state index contributed by atoms with van der Waals surface area (Å²) in [6.07, 6.45) is 2.52. The number of carbonyl (C=O) groups is 1. The second kappa shape index (κ2) is 9.62. The first-order valence-corrected chi connectivity index (χ1v) is 11.3. The first kappa shape index (κ1) is 21.5. The van der Waals surface area contributed by atoms with Gasteiger partial charge in [-0.05, 0) is 79.7 Å². The van der Waals surface area contributed by atoms with Gasteiger partial charge in [0.05, 0.1) is 15.6 Å². The number of rotatable bonds is 6. The average Bonchev–Trinajstić information content (AvgIpc) is 3.11. The predicted octanol–water partition coefficient (Wildman–Crippen LogP) is 6.49. The van der Waals surface area contributed by atoms with E-state index in [4.69, 9.17) is 9.47 Å². The Morgan fingerprint density at radius 3 is 2.39 bits per heavy atom. The van der Waals surface area contributed by atoms with E-state index in [0.29, 0.717) is 12.5 Å². The van der Waals surface area contributed by atoms with Gasteiger partial charge in [0.15, 0.2) is 5.70 Å². The fraction of sp³-hybridized carbons (Fsp3) is 0.120. The first-order chi connectivity index (χ1) is 15.0. The Bertz CT molecular complexity index is 1160. The van der Waals surface area contributed by atoms with Gasteiger partial charge in [-0.15, -0.1) is 0 Å². The van der Waals surface area contributed by atoms with E-state index in [2.05, 4.69) is 49.0 Å². The van der Waals surface area contributed by atoms with Crippen molar-refractivity contribution in [2.75, 3.05) is 6.61 Å². The highest BCUT2D eigenvalue weighted by Crippen LogP contribution is 2.36. The number of esters is 1. The number of hydrogen-bond donors (Lipinski definition) is 0. The largest absolute Gasteiger partial charge is 0.491 e. The van der Waals surface area contributed by atoms with Crippen LogP contribution in [-0.2, 0) is 16.0 Å². The number of halogens is 2. The molecule has 0 bridgehead atoms. The Morgan fingerprint density at radius 1 is 1.00 bits per heavy atom. The number of benzene rings is 3.